The van der Waals surface area contributed by atoms with Crippen molar-refractivity contribution in [3.8, 4) is 0 Å². The minimum absolute atomic E-state index is 0.0954. The molecule has 2 N–H and O–H groups in total. The molecule has 0 unspecified atom stereocenters. The van der Waals surface area contributed by atoms with Crippen LogP contribution in [0.4, 0.5) is 17.2 Å². The number of nitrogens with zero attached hydrogens (tertiary/aromatic N) is 5. The fraction of sp³-hybridized carbons (Fsp3) is 0.696. The van der Waals surface area contributed by atoms with Crippen LogP contribution >= 0.6 is 0 Å². The van der Waals surface area contributed by atoms with Gasteiger partial charge in [0.25, 0.3) is 0 Å². The molecular weight excluding hydrogens is 408 g/mol. The van der Waals surface area contributed by atoms with E-state index in [0.717, 1.165) is 69.3 Å². The number of nitrogen functional groups attached to an aromatic ring is 1. The molecule has 3 aliphatic rings. The van der Waals surface area contributed by atoms with Gasteiger partial charge < -0.3 is 30.1 Å². The number of amides is 2. The predicted octanol–water partition coefficient (Wildman–Crippen LogP) is 1.28. The number of piperazine rings is 2. The maximum Gasteiger partial charge on any atom is 0.225 e. The van der Waals surface area contributed by atoms with Crippen LogP contribution in [0.2, 0.25) is 0 Å². The number of ether oxygens (including phenoxy) is 1. The number of carbonyl (C=O) groups excluding carboxylic acids is 2. The van der Waals surface area contributed by atoms with Crippen LogP contribution < -0.4 is 15.5 Å². The Morgan fingerprint density at radius 1 is 1.12 bits per heavy atom. The van der Waals surface area contributed by atoms with Gasteiger partial charge in [-0.05, 0) is 25.8 Å². The molecule has 1 aliphatic carbocycles. The van der Waals surface area contributed by atoms with Gasteiger partial charge in [0.15, 0.2) is 5.82 Å². The summed E-state index contributed by atoms with van der Waals surface area (Å²) >= 11 is 0. The predicted molar refractivity (Wildman–Crippen MR) is 125 cm³/mol. The molecule has 0 spiro atoms. The van der Waals surface area contributed by atoms with Gasteiger partial charge in [-0.1, -0.05) is 0 Å². The quantitative estimate of drug-likeness (QED) is 0.706. The molecule has 9 heteroatoms. The zero-order valence-electron chi connectivity index (χ0n) is 19.5. The van der Waals surface area contributed by atoms with Gasteiger partial charge in [-0.15, -0.1) is 0 Å². The first kappa shape index (κ1) is 22.6. The van der Waals surface area contributed by atoms with Crippen molar-refractivity contribution in [3.05, 3.63) is 11.8 Å². The Labute approximate surface area is 190 Å². The lowest BCUT2D eigenvalue weighted by Crippen LogP contribution is -2.54. The number of methoxy groups -OCH3 is 1. The zero-order valence-corrected chi connectivity index (χ0v) is 19.5. The molecule has 9 nitrogen and oxygen atoms in total. The lowest BCUT2D eigenvalue weighted by atomic mass is 10.1. The fourth-order valence-electron chi connectivity index (χ4n) is 4.80. The van der Waals surface area contributed by atoms with Crippen molar-refractivity contribution in [2.45, 2.75) is 45.1 Å². The second-order valence-corrected chi connectivity index (χ2v) is 9.20. The van der Waals surface area contributed by atoms with Gasteiger partial charge >= 0.3 is 0 Å². The summed E-state index contributed by atoms with van der Waals surface area (Å²) in [5.41, 5.74) is 9.48. The Kier molecular flexibility index (Phi) is 6.74. The molecule has 0 radical (unpaired) electrons. The molecule has 1 saturated carbocycles. The topological polar surface area (TPSA) is 95.2 Å². The first-order valence-electron chi connectivity index (χ1n) is 11.7. The molecule has 2 saturated heterocycles. The first-order chi connectivity index (χ1) is 15.4. The molecule has 2 amide bonds. The average molecular weight is 445 g/mol. The van der Waals surface area contributed by atoms with Crippen molar-refractivity contribution in [1.82, 2.24) is 14.8 Å². The van der Waals surface area contributed by atoms with Crippen LogP contribution in [0.3, 0.4) is 0 Å². The van der Waals surface area contributed by atoms with E-state index in [9.17, 15) is 9.59 Å². The largest absolute Gasteiger partial charge is 0.396 e. The SMILES string of the molecule is COCCC(=O)N1CCN(c2nc(C3CC3)c(N3CCN(C(C)=O)CC3)cc2N)C[C@H]1C. The number of hydrogen-bond donors (Lipinski definition) is 1. The molecule has 0 bridgehead atoms. The van der Waals surface area contributed by atoms with Crippen LogP contribution in [0, 0.1) is 0 Å². The molecule has 2 aliphatic heterocycles. The number of anilines is 3. The van der Waals surface area contributed by atoms with Crippen molar-refractivity contribution in [3.63, 3.8) is 0 Å². The number of rotatable bonds is 6. The molecule has 4 rings (SSSR count). The van der Waals surface area contributed by atoms with Crippen LogP contribution in [0.5, 0.6) is 0 Å². The van der Waals surface area contributed by atoms with E-state index in [-0.39, 0.29) is 17.9 Å². The second kappa shape index (κ2) is 9.52. The summed E-state index contributed by atoms with van der Waals surface area (Å²) in [6.07, 6.45) is 2.74. The van der Waals surface area contributed by atoms with Crippen molar-refractivity contribution >= 4 is 29.0 Å². The van der Waals surface area contributed by atoms with Gasteiger partial charge in [0, 0.05) is 71.8 Å². The molecule has 176 valence electrons. The summed E-state index contributed by atoms with van der Waals surface area (Å²) in [6, 6.07) is 2.18. The van der Waals surface area contributed by atoms with Gasteiger partial charge in [0.1, 0.15) is 0 Å². The van der Waals surface area contributed by atoms with E-state index in [1.54, 1.807) is 14.0 Å². The van der Waals surface area contributed by atoms with Crippen LogP contribution in [-0.2, 0) is 14.3 Å². The standard InChI is InChI=1S/C23H36N6O3/c1-16-15-28(11-12-29(16)21(31)6-13-32-3)23-19(24)14-20(22(25-23)18-4-5-18)27-9-7-26(8-10-27)17(2)30/h14,16,18H,4-13,15,24H2,1-3H3/t16-/m1/s1. The summed E-state index contributed by atoms with van der Waals surface area (Å²) < 4.78 is 5.06. The Hall–Kier alpha value is -2.55. The van der Waals surface area contributed by atoms with Crippen LogP contribution in [0.15, 0.2) is 6.07 Å². The normalized spacial score (nSPS) is 21.8. The molecule has 1 aromatic heterocycles. The van der Waals surface area contributed by atoms with E-state index in [0.29, 0.717) is 31.2 Å². The van der Waals surface area contributed by atoms with Crippen molar-refractivity contribution in [1.29, 1.82) is 0 Å². The molecule has 3 fully saturated rings. The van der Waals surface area contributed by atoms with Gasteiger partial charge in [-0.25, -0.2) is 4.98 Å². The van der Waals surface area contributed by atoms with E-state index in [4.69, 9.17) is 15.5 Å². The monoisotopic (exact) mass is 444 g/mol. The van der Waals surface area contributed by atoms with Crippen LogP contribution in [0.25, 0.3) is 0 Å². The minimum atomic E-state index is 0.0954. The first-order valence-corrected chi connectivity index (χ1v) is 11.7. The highest BCUT2D eigenvalue weighted by atomic mass is 16.5. The molecular formula is C23H36N6O3. The van der Waals surface area contributed by atoms with Crippen LogP contribution in [-0.4, -0.2) is 92.2 Å². The summed E-state index contributed by atoms with van der Waals surface area (Å²) in [5.74, 6) is 1.60. The Bertz CT molecular complexity index is 850. The summed E-state index contributed by atoms with van der Waals surface area (Å²) in [7, 11) is 1.62. The summed E-state index contributed by atoms with van der Waals surface area (Å²) in [6.45, 7) is 9.35. The second-order valence-electron chi connectivity index (χ2n) is 9.20. The van der Waals surface area contributed by atoms with E-state index in [1.807, 2.05) is 9.80 Å². The third-order valence-corrected chi connectivity index (χ3v) is 6.84. The average Bonchev–Trinajstić information content (AvgIpc) is 3.62. The van der Waals surface area contributed by atoms with Crippen molar-refractivity contribution in [2.75, 3.05) is 75.1 Å². The Morgan fingerprint density at radius 2 is 1.81 bits per heavy atom. The molecule has 32 heavy (non-hydrogen) atoms. The van der Waals surface area contributed by atoms with Crippen LogP contribution in [0.1, 0.15) is 44.7 Å². The van der Waals surface area contributed by atoms with Gasteiger partial charge in [-0.2, -0.15) is 0 Å². The highest BCUT2D eigenvalue weighted by Crippen LogP contribution is 2.45. The maximum atomic E-state index is 12.5. The van der Waals surface area contributed by atoms with E-state index >= 15 is 0 Å². The van der Waals surface area contributed by atoms with Crippen molar-refractivity contribution in [2.24, 2.45) is 0 Å². The minimum Gasteiger partial charge on any atom is -0.396 e. The molecule has 1 atom stereocenters. The number of pyridine rings is 1. The van der Waals surface area contributed by atoms with E-state index in [1.165, 1.54) is 0 Å². The molecule has 3 heterocycles. The highest BCUT2D eigenvalue weighted by molar-refractivity contribution is 5.78. The highest BCUT2D eigenvalue weighted by Gasteiger charge is 2.34. The lowest BCUT2D eigenvalue weighted by molar-refractivity contribution is -0.134. The number of aromatic nitrogens is 1. The van der Waals surface area contributed by atoms with E-state index < -0.39 is 0 Å². The van der Waals surface area contributed by atoms with Crippen molar-refractivity contribution < 1.29 is 14.3 Å². The zero-order chi connectivity index (χ0) is 22.8. The van der Waals surface area contributed by atoms with Gasteiger partial charge in [0.05, 0.1) is 30.1 Å². The third kappa shape index (κ3) is 4.77. The number of nitrogens with two attached hydrogens (primary N) is 1. The van der Waals surface area contributed by atoms with Gasteiger partial charge in [0.2, 0.25) is 11.8 Å². The lowest BCUT2D eigenvalue weighted by Gasteiger charge is -2.41. The number of hydrogen-bond acceptors (Lipinski definition) is 7. The third-order valence-electron chi connectivity index (χ3n) is 6.84. The Balaban J connectivity index is 1.49. The smallest absolute Gasteiger partial charge is 0.225 e. The fourth-order valence-corrected chi connectivity index (χ4v) is 4.80. The maximum absolute atomic E-state index is 12.5. The molecule has 1 aromatic rings. The van der Waals surface area contributed by atoms with Gasteiger partial charge in [-0.3, -0.25) is 9.59 Å². The Morgan fingerprint density at radius 3 is 2.41 bits per heavy atom. The number of carbonyl (C=O) groups is 2. The molecule has 0 aromatic carbocycles. The van der Waals surface area contributed by atoms with E-state index in [2.05, 4.69) is 22.8 Å². The summed E-state index contributed by atoms with van der Waals surface area (Å²) in [4.78, 5) is 37.6. The summed E-state index contributed by atoms with van der Waals surface area (Å²) in [5, 5.41) is 0.